The molecule has 0 heterocycles. The summed E-state index contributed by atoms with van der Waals surface area (Å²) in [6.07, 6.45) is 8.97. The molecule has 3 heteroatoms. The molecule has 0 amide bonds. The number of unbranched alkanes of at least 4 members (excludes halogenated alkanes) is 6. The van der Waals surface area contributed by atoms with E-state index in [-0.39, 0.29) is 5.97 Å². The third kappa shape index (κ3) is 11.7. The van der Waals surface area contributed by atoms with Crippen molar-refractivity contribution in [2.45, 2.75) is 84.3 Å². The molecule has 17 heavy (non-hydrogen) atoms. The first-order chi connectivity index (χ1) is 8.20. The lowest BCUT2D eigenvalue weighted by Gasteiger charge is -2.11. The molecule has 0 aromatic carbocycles. The second kappa shape index (κ2) is 11.9. The van der Waals surface area contributed by atoms with E-state index in [1.807, 2.05) is 6.92 Å². The summed E-state index contributed by atoms with van der Waals surface area (Å²) in [5.41, 5.74) is 0. The van der Waals surface area contributed by atoms with Gasteiger partial charge in [0.1, 0.15) is 0 Å². The summed E-state index contributed by atoms with van der Waals surface area (Å²) in [7, 11) is 0. The number of ether oxygens (including phenoxy) is 1. The van der Waals surface area contributed by atoms with Gasteiger partial charge < -0.3 is 9.84 Å². The Morgan fingerprint density at radius 1 is 1.00 bits per heavy atom. The number of hydrogen-bond acceptors (Lipinski definition) is 3. The lowest BCUT2D eigenvalue weighted by atomic mass is 10.1. The van der Waals surface area contributed by atoms with E-state index >= 15 is 0 Å². The zero-order chi connectivity index (χ0) is 12.9. The molecule has 1 atom stereocenters. The fraction of sp³-hybridized carbons (Fsp3) is 0.929. The van der Waals surface area contributed by atoms with Crippen LogP contribution in [0.25, 0.3) is 0 Å². The van der Waals surface area contributed by atoms with Crippen molar-refractivity contribution >= 4 is 5.97 Å². The smallest absolute Gasteiger partial charge is 0.308 e. The van der Waals surface area contributed by atoms with Crippen LogP contribution < -0.4 is 0 Å². The van der Waals surface area contributed by atoms with Gasteiger partial charge in [-0.1, -0.05) is 52.4 Å². The minimum atomic E-state index is -0.898. The van der Waals surface area contributed by atoms with Gasteiger partial charge in [0.05, 0.1) is 0 Å². The predicted molar refractivity (Wildman–Crippen MR) is 69.6 cm³/mol. The monoisotopic (exact) mass is 244 g/mol. The van der Waals surface area contributed by atoms with Gasteiger partial charge in [-0.15, -0.1) is 0 Å². The van der Waals surface area contributed by atoms with E-state index in [1.165, 1.54) is 25.7 Å². The van der Waals surface area contributed by atoms with Crippen LogP contribution in [0.1, 0.15) is 78.1 Å². The number of carbonyl (C=O) groups excluding carboxylic acids is 1. The molecule has 0 fully saturated rings. The first kappa shape index (κ1) is 16.4. The summed E-state index contributed by atoms with van der Waals surface area (Å²) >= 11 is 0. The third-order valence-corrected chi connectivity index (χ3v) is 2.81. The molecular formula is C14H28O3. The van der Waals surface area contributed by atoms with Crippen LogP contribution in [0.2, 0.25) is 0 Å². The molecule has 0 spiro atoms. The zero-order valence-corrected chi connectivity index (χ0v) is 11.4. The van der Waals surface area contributed by atoms with Crippen LogP contribution in [-0.2, 0) is 9.53 Å². The second-order valence-electron chi connectivity index (χ2n) is 4.60. The SMILES string of the molecule is CCCCCCCCC(O)OC(=O)CCCC. The molecule has 0 bridgehead atoms. The summed E-state index contributed by atoms with van der Waals surface area (Å²) in [4.78, 5) is 11.2. The Kier molecular flexibility index (Phi) is 11.5. The highest BCUT2D eigenvalue weighted by atomic mass is 16.6. The van der Waals surface area contributed by atoms with Gasteiger partial charge in [0, 0.05) is 12.8 Å². The molecule has 1 unspecified atom stereocenters. The Hall–Kier alpha value is -0.570. The van der Waals surface area contributed by atoms with Crippen LogP contribution >= 0.6 is 0 Å². The van der Waals surface area contributed by atoms with Crippen molar-refractivity contribution in [2.24, 2.45) is 0 Å². The maximum atomic E-state index is 11.2. The normalized spacial score (nSPS) is 12.4. The average molecular weight is 244 g/mol. The highest BCUT2D eigenvalue weighted by molar-refractivity contribution is 5.69. The molecular weight excluding hydrogens is 216 g/mol. The molecule has 1 N–H and O–H groups in total. The van der Waals surface area contributed by atoms with Crippen molar-refractivity contribution in [3.05, 3.63) is 0 Å². The van der Waals surface area contributed by atoms with Crippen LogP contribution in [0, 0.1) is 0 Å². The highest BCUT2D eigenvalue weighted by Crippen LogP contribution is 2.10. The number of esters is 1. The minimum absolute atomic E-state index is 0.273. The molecule has 0 aliphatic heterocycles. The molecule has 0 aromatic heterocycles. The standard InChI is InChI=1S/C14H28O3/c1-3-5-7-8-9-10-12-14(16)17-13(15)11-6-4-2/h14,16H,3-12H2,1-2H3. The predicted octanol–water partition coefficient (Wildman–Crippen LogP) is 3.79. The van der Waals surface area contributed by atoms with Gasteiger partial charge in [-0.2, -0.15) is 0 Å². The first-order valence-electron chi connectivity index (χ1n) is 7.08. The Bertz CT molecular complexity index is 180. The van der Waals surface area contributed by atoms with E-state index < -0.39 is 6.29 Å². The lowest BCUT2D eigenvalue weighted by molar-refractivity contribution is -0.168. The van der Waals surface area contributed by atoms with Crippen LogP contribution in [0.5, 0.6) is 0 Å². The van der Waals surface area contributed by atoms with Gasteiger partial charge in [0.25, 0.3) is 0 Å². The molecule has 0 rings (SSSR count). The van der Waals surface area contributed by atoms with Crippen LogP contribution in [0.15, 0.2) is 0 Å². The molecule has 0 aromatic rings. The number of aliphatic hydroxyl groups excluding tert-OH is 1. The van der Waals surface area contributed by atoms with Crippen molar-refractivity contribution in [1.82, 2.24) is 0 Å². The van der Waals surface area contributed by atoms with E-state index in [1.54, 1.807) is 0 Å². The Balaban J connectivity index is 3.33. The fourth-order valence-electron chi connectivity index (χ4n) is 1.69. The Labute approximate surface area is 106 Å². The molecule has 0 aliphatic carbocycles. The number of carbonyl (C=O) groups is 1. The topological polar surface area (TPSA) is 46.5 Å². The largest absolute Gasteiger partial charge is 0.436 e. The Morgan fingerprint density at radius 2 is 1.59 bits per heavy atom. The molecule has 0 saturated heterocycles. The summed E-state index contributed by atoms with van der Waals surface area (Å²) in [5, 5.41) is 9.48. The van der Waals surface area contributed by atoms with E-state index in [4.69, 9.17) is 4.74 Å². The van der Waals surface area contributed by atoms with Crippen molar-refractivity contribution in [1.29, 1.82) is 0 Å². The lowest BCUT2D eigenvalue weighted by Crippen LogP contribution is -2.17. The first-order valence-corrected chi connectivity index (χ1v) is 7.08. The molecule has 3 nitrogen and oxygen atoms in total. The summed E-state index contributed by atoms with van der Waals surface area (Å²) < 4.78 is 4.90. The minimum Gasteiger partial charge on any atom is -0.436 e. The molecule has 102 valence electrons. The van der Waals surface area contributed by atoms with Gasteiger partial charge >= 0.3 is 5.97 Å². The second-order valence-corrected chi connectivity index (χ2v) is 4.60. The van der Waals surface area contributed by atoms with Crippen molar-refractivity contribution in [3.8, 4) is 0 Å². The van der Waals surface area contributed by atoms with Crippen molar-refractivity contribution < 1.29 is 14.6 Å². The van der Waals surface area contributed by atoms with Gasteiger partial charge in [0.2, 0.25) is 6.29 Å². The fourth-order valence-corrected chi connectivity index (χ4v) is 1.69. The van der Waals surface area contributed by atoms with Gasteiger partial charge in [-0.05, 0) is 12.8 Å². The van der Waals surface area contributed by atoms with E-state index in [9.17, 15) is 9.90 Å². The molecule has 0 aliphatic rings. The van der Waals surface area contributed by atoms with Gasteiger partial charge in [-0.25, -0.2) is 0 Å². The summed E-state index contributed by atoms with van der Waals surface area (Å²) in [6.45, 7) is 4.22. The Morgan fingerprint density at radius 3 is 2.24 bits per heavy atom. The average Bonchev–Trinajstić information content (AvgIpc) is 2.31. The van der Waals surface area contributed by atoms with Gasteiger partial charge in [0.15, 0.2) is 0 Å². The van der Waals surface area contributed by atoms with E-state index in [2.05, 4.69) is 6.92 Å². The van der Waals surface area contributed by atoms with E-state index in [0.29, 0.717) is 12.8 Å². The maximum absolute atomic E-state index is 11.2. The third-order valence-electron chi connectivity index (χ3n) is 2.81. The van der Waals surface area contributed by atoms with Crippen molar-refractivity contribution in [2.75, 3.05) is 0 Å². The number of rotatable bonds is 11. The van der Waals surface area contributed by atoms with Crippen LogP contribution in [0.3, 0.4) is 0 Å². The van der Waals surface area contributed by atoms with Crippen LogP contribution in [0.4, 0.5) is 0 Å². The molecule has 0 saturated carbocycles. The van der Waals surface area contributed by atoms with E-state index in [0.717, 1.165) is 25.7 Å². The number of aliphatic hydroxyl groups is 1. The van der Waals surface area contributed by atoms with Gasteiger partial charge in [-0.3, -0.25) is 4.79 Å². The summed E-state index contributed by atoms with van der Waals surface area (Å²) in [5.74, 6) is -0.273. The van der Waals surface area contributed by atoms with Crippen LogP contribution in [-0.4, -0.2) is 17.4 Å². The highest BCUT2D eigenvalue weighted by Gasteiger charge is 2.09. The number of hydrogen-bond donors (Lipinski definition) is 1. The molecule has 0 radical (unpaired) electrons. The quantitative estimate of drug-likeness (QED) is 0.342. The van der Waals surface area contributed by atoms with Crippen molar-refractivity contribution in [3.63, 3.8) is 0 Å². The summed E-state index contributed by atoms with van der Waals surface area (Å²) in [6, 6.07) is 0. The maximum Gasteiger partial charge on any atom is 0.308 e. The zero-order valence-electron chi connectivity index (χ0n) is 11.4.